The minimum absolute atomic E-state index is 0.113. The number of nitriles is 1. The summed E-state index contributed by atoms with van der Waals surface area (Å²) >= 11 is 0. The summed E-state index contributed by atoms with van der Waals surface area (Å²) < 4.78 is 0. The monoisotopic (exact) mass is 259 g/mol. The maximum atomic E-state index is 10.8. The van der Waals surface area contributed by atoms with Gasteiger partial charge in [-0.3, -0.25) is 10.1 Å². The van der Waals surface area contributed by atoms with Gasteiger partial charge in [0.25, 0.3) is 5.69 Å². The third-order valence-corrected chi connectivity index (χ3v) is 3.52. The summed E-state index contributed by atoms with van der Waals surface area (Å²) in [6, 6.07) is 6.74. The second-order valence-electron chi connectivity index (χ2n) is 4.83. The Labute approximate surface area is 112 Å². The smallest absolute Gasteiger partial charge is 0.287 e. The molecule has 0 atom stereocenters. The molecule has 5 heteroatoms. The number of hydrogen-bond donors (Lipinski definition) is 0. The highest BCUT2D eigenvalue weighted by Gasteiger charge is 2.16. The van der Waals surface area contributed by atoms with Gasteiger partial charge < -0.3 is 4.90 Å². The molecule has 0 amide bonds. The number of nitro benzene ring substituents is 1. The van der Waals surface area contributed by atoms with Crippen molar-refractivity contribution in [2.75, 3.05) is 18.0 Å². The van der Waals surface area contributed by atoms with Crippen LogP contribution in [0.25, 0.3) is 0 Å². The number of nitro groups is 1. The fourth-order valence-electron chi connectivity index (χ4n) is 2.48. The Morgan fingerprint density at radius 1 is 1.16 bits per heavy atom. The van der Waals surface area contributed by atoms with E-state index in [1.807, 2.05) is 6.07 Å². The molecular formula is C14H17N3O2. The van der Waals surface area contributed by atoms with E-state index in [-0.39, 0.29) is 11.3 Å². The van der Waals surface area contributed by atoms with Gasteiger partial charge in [0, 0.05) is 24.8 Å². The molecule has 100 valence electrons. The van der Waals surface area contributed by atoms with Crippen LogP contribution >= 0.6 is 0 Å². The zero-order valence-corrected chi connectivity index (χ0v) is 10.8. The van der Waals surface area contributed by atoms with Crippen LogP contribution in [0.4, 0.5) is 11.4 Å². The summed E-state index contributed by atoms with van der Waals surface area (Å²) in [5.41, 5.74) is 0.951. The molecule has 0 aromatic heterocycles. The van der Waals surface area contributed by atoms with Crippen molar-refractivity contribution >= 4 is 11.4 Å². The number of anilines is 1. The van der Waals surface area contributed by atoms with Gasteiger partial charge in [-0.2, -0.15) is 5.26 Å². The van der Waals surface area contributed by atoms with Crippen molar-refractivity contribution in [3.8, 4) is 6.07 Å². The van der Waals surface area contributed by atoms with Crippen LogP contribution in [0.15, 0.2) is 18.2 Å². The summed E-state index contributed by atoms with van der Waals surface area (Å²) in [4.78, 5) is 12.5. The van der Waals surface area contributed by atoms with Gasteiger partial charge in [0.15, 0.2) is 0 Å². The zero-order chi connectivity index (χ0) is 13.7. The van der Waals surface area contributed by atoms with Crippen molar-refractivity contribution in [2.45, 2.75) is 32.1 Å². The molecule has 0 N–H and O–H groups in total. The Kier molecular flexibility index (Phi) is 4.35. The van der Waals surface area contributed by atoms with Gasteiger partial charge in [0.05, 0.1) is 4.92 Å². The highest BCUT2D eigenvalue weighted by Crippen LogP contribution is 2.26. The van der Waals surface area contributed by atoms with Gasteiger partial charge in [-0.15, -0.1) is 0 Å². The van der Waals surface area contributed by atoms with E-state index >= 15 is 0 Å². The lowest BCUT2D eigenvalue weighted by atomic mass is 10.1. The van der Waals surface area contributed by atoms with E-state index in [1.54, 1.807) is 12.1 Å². The van der Waals surface area contributed by atoms with E-state index in [4.69, 9.17) is 5.26 Å². The van der Waals surface area contributed by atoms with Crippen molar-refractivity contribution in [1.29, 1.82) is 5.26 Å². The van der Waals surface area contributed by atoms with E-state index in [0.717, 1.165) is 31.6 Å². The normalized spacial score (nSPS) is 16.3. The van der Waals surface area contributed by atoms with Gasteiger partial charge in [0.1, 0.15) is 11.6 Å². The Balaban J connectivity index is 2.24. The molecule has 1 saturated heterocycles. The Hall–Kier alpha value is -2.09. The Morgan fingerprint density at radius 2 is 1.79 bits per heavy atom. The second kappa shape index (κ2) is 6.19. The van der Waals surface area contributed by atoms with Crippen LogP contribution in [-0.2, 0) is 0 Å². The Morgan fingerprint density at radius 3 is 2.37 bits per heavy atom. The predicted molar refractivity (Wildman–Crippen MR) is 73.1 cm³/mol. The van der Waals surface area contributed by atoms with Crippen LogP contribution in [0.1, 0.15) is 37.7 Å². The van der Waals surface area contributed by atoms with Crippen LogP contribution in [0.3, 0.4) is 0 Å². The third-order valence-electron chi connectivity index (χ3n) is 3.52. The quantitative estimate of drug-likeness (QED) is 0.604. The molecule has 1 aromatic rings. The van der Waals surface area contributed by atoms with E-state index < -0.39 is 4.92 Å². The number of benzene rings is 1. The zero-order valence-electron chi connectivity index (χ0n) is 10.8. The molecule has 1 aliphatic rings. The van der Waals surface area contributed by atoms with Crippen molar-refractivity contribution in [3.63, 3.8) is 0 Å². The first-order valence-corrected chi connectivity index (χ1v) is 6.66. The summed E-state index contributed by atoms with van der Waals surface area (Å²) in [5.74, 6) is 0. The van der Waals surface area contributed by atoms with Gasteiger partial charge >= 0.3 is 0 Å². The fourth-order valence-corrected chi connectivity index (χ4v) is 2.48. The highest BCUT2D eigenvalue weighted by atomic mass is 16.6. The van der Waals surface area contributed by atoms with E-state index in [9.17, 15) is 10.1 Å². The molecule has 0 unspecified atom stereocenters. The molecule has 1 heterocycles. The van der Waals surface area contributed by atoms with Crippen LogP contribution in [-0.4, -0.2) is 18.0 Å². The van der Waals surface area contributed by atoms with Crippen molar-refractivity contribution in [2.24, 2.45) is 0 Å². The average molecular weight is 259 g/mol. The maximum Gasteiger partial charge on any atom is 0.287 e. The molecule has 0 bridgehead atoms. The van der Waals surface area contributed by atoms with Crippen LogP contribution in [0.2, 0.25) is 0 Å². The van der Waals surface area contributed by atoms with Crippen LogP contribution in [0, 0.1) is 21.4 Å². The Bertz CT molecular complexity index is 500. The molecule has 1 aromatic carbocycles. The first-order chi connectivity index (χ1) is 9.22. The van der Waals surface area contributed by atoms with Gasteiger partial charge in [0.2, 0.25) is 0 Å². The SMILES string of the molecule is N#Cc1cc(N2CCCCCCC2)ccc1[N+](=O)[O-]. The largest absolute Gasteiger partial charge is 0.371 e. The second-order valence-corrected chi connectivity index (χ2v) is 4.83. The van der Waals surface area contributed by atoms with Crippen molar-refractivity contribution in [1.82, 2.24) is 0 Å². The third kappa shape index (κ3) is 3.22. The molecule has 5 nitrogen and oxygen atoms in total. The lowest BCUT2D eigenvalue weighted by Crippen LogP contribution is -2.27. The summed E-state index contributed by atoms with van der Waals surface area (Å²) in [6.07, 6.45) is 6.03. The van der Waals surface area contributed by atoms with Gasteiger partial charge in [-0.1, -0.05) is 19.3 Å². The number of hydrogen-bond acceptors (Lipinski definition) is 4. The fraction of sp³-hybridized carbons (Fsp3) is 0.500. The molecule has 0 aliphatic carbocycles. The summed E-state index contributed by atoms with van der Waals surface area (Å²) in [5, 5.41) is 19.8. The lowest BCUT2D eigenvalue weighted by molar-refractivity contribution is -0.385. The standard InChI is InChI=1S/C14H17N3O2/c15-11-12-10-13(6-7-14(12)17(18)19)16-8-4-2-1-3-5-9-16/h6-7,10H,1-5,8-9H2. The number of nitrogens with zero attached hydrogens (tertiary/aromatic N) is 3. The van der Waals surface area contributed by atoms with Crippen molar-refractivity contribution in [3.05, 3.63) is 33.9 Å². The average Bonchev–Trinajstić information content (AvgIpc) is 2.37. The minimum Gasteiger partial charge on any atom is -0.371 e. The highest BCUT2D eigenvalue weighted by molar-refractivity contribution is 5.59. The van der Waals surface area contributed by atoms with Gasteiger partial charge in [-0.05, 0) is 25.0 Å². The molecular weight excluding hydrogens is 242 g/mol. The summed E-state index contributed by atoms with van der Waals surface area (Å²) in [7, 11) is 0. The number of rotatable bonds is 2. The maximum absolute atomic E-state index is 10.8. The molecule has 19 heavy (non-hydrogen) atoms. The molecule has 2 rings (SSSR count). The van der Waals surface area contributed by atoms with Crippen LogP contribution < -0.4 is 4.90 Å². The van der Waals surface area contributed by atoms with Gasteiger partial charge in [-0.25, -0.2) is 0 Å². The van der Waals surface area contributed by atoms with E-state index in [0.29, 0.717) is 0 Å². The first kappa shape index (κ1) is 13.3. The molecule has 0 radical (unpaired) electrons. The lowest BCUT2D eigenvalue weighted by Gasteiger charge is -2.26. The van der Waals surface area contributed by atoms with Crippen molar-refractivity contribution < 1.29 is 4.92 Å². The molecule has 0 spiro atoms. The van der Waals surface area contributed by atoms with Crippen LogP contribution in [0.5, 0.6) is 0 Å². The van der Waals surface area contributed by atoms with E-state index in [1.165, 1.54) is 25.3 Å². The first-order valence-electron chi connectivity index (χ1n) is 6.66. The topological polar surface area (TPSA) is 70.2 Å². The molecule has 1 aliphatic heterocycles. The minimum atomic E-state index is -0.504. The summed E-state index contributed by atoms with van der Waals surface area (Å²) in [6.45, 7) is 1.92. The van der Waals surface area contributed by atoms with E-state index in [2.05, 4.69) is 4.90 Å². The molecule has 1 fully saturated rings. The predicted octanol–water partition coefficient (Wildman–Crippen LogP) is 3.24. The molecule has 0 saturated carbocycles.